The normalized spacial score (nSPS) is 31.1. The molecule has 0 aromatic heterocycles. The number of benzene rings is 2. The maximum absolute atomic E-state index is 13.2. The van der Waals surface area contributed by atoms with Crippen molar-refractivity contribution in [1.29, 1.82) is 0 Å². The molecule has 0 radical (unpaired) electrons. The third kappa shape index (κ3) is 4.78. The number of fused-ring (bicyclic) bond motifs is 1. The van der Waals surface area contributed by atoms with Crippen LogP contribution in [-0.2, 0) is 16.0 Å². The van der Waals surface area contributed by atoms with E-state index in [4.69, 9.17) is 4.74 Å². The van der Waals surface area contributed by atoms with Crippen LogP contribution < -0.4 is 5.32 Å². The van der Waals surface area contributed by atoms with Gasteiger partial charge in [-0.1, -0.05) is 53.5 Å². The number of hydrogen-bond acceptors (Lipinski definition) is 2. The van der Waals surface area contributed by atoms with Gasteiger partial charge in [-0.05, 0) is 61.1 Å². The fraction of sp³-hybridized carbons (Fsp3) is 0.480. The molecule has 5 atom stereocenters. The van der Waals surface area contributed by atoms with E-state index in [1.165, 1.54) is 12.1 Å². The quantitative estimate of drug-likeness (QED) is 0.593. The molecule has 160 valence electrons. The number of ether oxygens (including phenoxy) is 1. The van der Waals surface area contributed by atoms with Crippen LogP contribution in [0.15, 0.2) is 53.0 Å². The van der Waals surface area contributed by atoms with Gasteiger partial charge in [0.1, 0.15) is 5.82 Å². The van der Waals surface area contributed by atoms with Crippen LogP contribution in [0.3, 0.4) is 0 Å². The van der Waals surface area contributed by atoms with Crippen molar-refractivity contribution in [3.8, 4) is 0 Å². The summed E-state index contributed by atoms with van der Waals surface area (Å²) in [4.78, 5) is 13.0. The van der Waals surface area contributed by atoms with Crippen molar-refractivity contribution in [2.45, 2.75) is 63.7 Å². The highest BCUT2D eigenvalue weighted by Crippen LogP contribution is 2.48. The molecule has 2 aliphatic rings. The number of hydrogen-bond donors (Lipinski definition) is 1. The highest BCUT2D eigenvalue weighted by Gasteiger charge is 2.49. The molecule has 1 heterocycles. The maximum Gasteiger partial charge on any atom is 0.224 e. The SMILES string of the molecule is C[C@H]1CC[C@H]2[C@H](C1)O[C@H](c1cccc(Br)c1)C[C@]2(C)NC(=O)Cc1ccc(F)cc1. The van der Waals surface area contributed by atoms with Crippen LogP contribution in [0.2, 0.25) is 0 Å². The Bertz CT molecular complexity index is 902. The van der Waals surface area contributed by atoms with Gasteiger partial charge in [0.15, 0.2) is 0 Å². The van der Waals surface area contributed by atoms with Crippen LogP contribution >= 0.6 is 15.9 Å². The van der Waals surface area contributed by atoms with Crippen LogP contribution in [0.5, 0.6) is 0 Å². The van der Waals surface area contributed by atoms with E-state index in [-0.39, 0.29) is 35.9 Å². The molecule has 4 rings (SSSR count). The molecule has 0 unspecified atom stereocenters. The van der Waals surface area contributed by atoms with Crippen molar-refractivity contribution >= 4 is 21.8 Å². The van der Waals surface area contributed by atoms with Gasteiger partial charge in [-0.2, -0.15) is 0 Å². The number of carbonyl (C=O) groups excluding carboxylic acids is 1. The fourth-order valence-electron chi connectivity index (χ4n) is 5.20. The van der Waals surface area contributed by atoms with E-state index >= 15 is 0 Å². The summed E-state index contributed by atoms with van der Waals surface area (Å²) >= 11 is 3.57. The Kier molecular flexibility index (Phi) is 6.31. The largest absolute Gasteiger partial charge is 0.370 e. The van der Waals surface area contributed by atoms with E-state index in [0.29, 0.717) is 11.8 Å². The Hall–Kier alpha value is -1.72. The van der Waals surface area contributed by atoms with Gasteiger partial charge in [0, 0.05) is 22.4 Å². The highest BCUT2D eigenvalue weighted by molar-refractivity contribution is 9.10. The molecule has 30 heavy (non-hydrogen) atoms. The number of amides is 1. The summed E-state index contributed by atoms with van der Waals surface area (Å²) in [5.41, 5.74) is 1.62. The molecule has 1 saturated carbocycles. The van der Waals surface area contributed by atoms with Gasteiger partial charge in [0.25, 0.3) is 0 Å². The van der Waals surface area contributed by atoms with E-state index < -0.39 is 0 Å². The van der Waals surface area contributed by atoms with Crippen LogP contribution in [0.1, 0.15) is 56.8 Å². The predicted octanol–water partition coefficient (Wildman–Crippen LogP) is 5.97. The van der Waals surface area contributed by atoms with Crippen LogP contribution in [0.4, 0.5) is 4.39 Å². The molecular formula is C25H29BrFNO2. The number of rotatable bonds is 4. The van der Waals surface area contributed by atoms with Gasteiger partial charge in [-0.3, -0.25) is 4.79 Å². The van der Waals surface area contributed by atoms with Gasteiger partial charge in [0.2, 0.25) is 5.91 Å². The molecule has 1 aliphatic heterocycles. The van der Waals surface area contributed by atoms with Crippen molar-refractivity contribution < 1.29 is 13.9 Å². The maximum atomic E-state index is 13.2. The zero-order valence-corrected chi connectivity index (χ0v) is 19.1. The van der Waals surface area contributed by atoms with E-state index in [1.54, 1.807) is 12.1 Å². The average Bonchev–Trinajstić information content (AvgIpc) is 2.69. The molecule has 1 aliphatic carbocycles. The first-order valence-electron chi connectivity index (χ1n) is 10.8. The molecule has 1 N–H and O–H groups in total. The lowest BCUT2D eigenvalue weighted by molar-refractivity contribution is -0.153. The molecule has 5 heteroatoms. The topological polar surface area (TPSA) is 38.3 Å². The summed E-state index contributed by atoms with van der Waals surface area (Å²) in [5, 5.41) is 3.36. The van der Waals surface area contributed by atoms with E-state index in [2.05, 4.69) is 47.2 Å². The molecule has 0 bridgehead atoms. The van der Waals surface area contributed by atoms with Crippen molar-refractivity contribution in [2.24, 2.45) is 11.8 Å². The summed E-state index contributed by atoms with van der Waals surface area (Å²) in [5.74, 6) is 0.629. The number of nitrogens with one attached hydrogen (secondary N) is 1. The van der Waals surface area contributed by atoms with Crippen LogP contribution in [0.25, 0.3) is 0 Å². The third-order valence-electron chi connectivity index (χ3n) is 6.74. The lowest BCUT2D eigenvalue weighted by atomic mass is 9.66. The van der Waals surface area contributed by atoms with Gasteiger partial charge < -0.3 is 10.1 Å². The number of carbonyl (C=O) groups is 1. The standard InChI is InChI=1S/C25H29BrFNO2/c1-16-6-11-21-22(12-16)30-23(18-4-3-5-19(26)14-18)15-25(21,2)28-24(29)13-17-7-9-20(27)10-8-17/h3-5,7-10,14,16,21-23H,6,11-13,15H2,1-2H3,(H,28,29)/t16-,21-,22-,23-,25-/m0/s1. The number of halogens is 2. The highest BCUT2D eigenvalue weighted by atomic mass is 79.9. The zero-order chi connectivity index (χ0) is 21.3. The van der Waals surface area contributed by atoms with Gasteiger partial charge in [-0.15, -0.1) is 0 Å². The second-order valence-electron chi connectivity index (χ2n) is 9.22. The Morgan fingerprint density at radius 1 is 1.23 bits per heavy atom. The van der Waals surface area contributed by atoms with Crippen molar-refractivity contribution in [2.75, 3.05) is 0 Å². The van der Waals surface area contributed by atoms with Crippen molar-refractivity contribution in [1.82, 2.24) is 5.32 Å². The third-order valence-corrected chi connectivity index (χ3v) is 7.24. The monoisotopic (exact) mass is 473 g/mol. The predicted molar refractivity (Wildman–Crippen MR) is 120 cm³/mol. The summed E-state index contributed by atoms with van der Waals surface area (Å²) in [6, 6.07) is 14.4. The average molecular weight is 474 g/mol. The molecule has 1 amide bonds. The molecule has 2 aromatic carbocycles. The molecular weight excluding hydrogens is 445 g/mol. The Morgan fingerprint density at radius 3 is 2.73 bits per heavy atom. The molecule has 3 nitrogen and oxygen atoms in total. The Balaban J connectivity index is 1.55. The first-order chi connectivity index (χ1) is 14.3. The van der Waals surface area contributed by atoms with Crippen molar-refractivity contribution in [3.05, 3.63) is 69.9 Å². The molecule has 2 fully saturated rings. The smallest absolute Gasteiger partial charge is 0.224 e. The summed E-state index contributed by atoms with van der Waals surface area (Å²) in [6.07, 6.45) is 4.34. The van der Waals surface area contributed by atoms with Gasteiger partial charge >= 0.3 is 0 Å². The van der Waals surface area contributed by atoms with E-state index in [9.17, 15) is 9.18 Å². The first kappa shape index (κ1) is 21.5. The minimum atomic E-state index is -0.340. The van der Waals surface area contributed by atoms with Crippen LogP contribution in [0, 0.1) is 17.7 Å². The van der Waals surface area contributed by atoms with E-state index in [1.807, 2.05) is 12.1 Å². The second-order valence-corrected chi connectivity index (χ2v) is 10.1. The van der Waals surface area contributed by atoms with Crippen molar-refractivity contribution in [3.63, 3.8) is 0 Å². The Morgan fingerprint density at radius 2 is 2.00 bits per heavy atom. The van der Waals surface area contributed by atoms with Gasteiger partial charge in [-0.25, -0.2) is 4.39 Å². The van der Waals surface area contributed by atoms with E-state index in [0.717, 1.165) is 41.3 Å². The first-order valence-corrected chi connectivity index (χ1v) is 11.6. The zero-order valence-electron chi connectivity index (χ0n) is 17.5. The summed E-state index contributed by atoms with van der Waals surface area (Å²) in [7, 11) is 0. The lowest BCUT2D eigenvalue weighted by Crippen LogP contribution is -2.60. The molecule has 1 saturated heterocycles. The summed E-state index contributed by atoms with van der Waals surface area (Å²) in [6.45, 7) is 4.46. The van der Waals surface area contributed by atoms with Gasteiger partial charge in [0.05, 0.1) is 18.6 Å². The van der Waals surface area contributed by atoms with Crippen LogP contribution in [-0.4, -0.2) is 17.6 Å². The Labute approximate surface area is 186 Å². The summed E-state index contributed by atoms with van der Waals surface area (Å²) < 4.78 is 20.8. The second kappa shape index (κ2) is 8.80. The fourth-order valence-corrected chi connectivity index (χ4v) is 5.62. The minimum absolute atomic E-state index is 0.0172. The lowest BCUT2D eigenvalue weighted by Gasteiger charge is -2.52. The molecule has 0 spiro atoms. The minimum Gasteiger partial charge on any atom is -0.370 e. The molecule has 2 aromatic rings.